The van der Waals surface area contributed by atoms with E-state index in [1.54, 1.807) is 0 Å². The maximum atomic E-state index is 13.3. The zero-order valence-electron chi connectivity index (χ0n) is 22.5. The smallest absolute Gasteiger partial charge is 0.381 e. The van der Waals surface area contributed by atoms with Crippen molar-refractivity contribution >= 4 is 11.8 Å². The van der Waals surface area contributed by atoms with Crippen LogP contribution >= 0.6 is 0 Å². The predicted molar refractivity (Wildman–Crippen MR) is 142 cm³/mol. The van der Waals surface area contributed by atoms with Gasteiger partial charge in [0, 0.05) is 62.9 Å². The van der Waals surface area contributed by atoms with Gasteiger partial charge >= 0.3 is 6.18 Å². The first kappa shape index (κ1) is 27.2. The molecule has 40 heavy (non-hydrogen) atoms. The lowest BCUT2D eigenvalue weighted by Crippen LogP contribution is -2.49. The first-order valence-corrected chi connectivity index (χ1v) is 14.3. The summed E-state index contributed by atoms with van der Waals surface area (Å²) in [4.78, 5) is 34.6. The summed E-state index contributed by atoms with van der Waals surface area (Å²) in [5.41, 5.74) is 2.44. The number of ether oxygens (including phenoxy) is 1. The fraction of sp³-hybridized carbons (Fsp3) is 0.567. The Balaban J connectivity index is 1.14. The lowest BCUT2D eigenvalue weighted by Gasteiger charge is -2.31. The van der Waals surface area contributed by atoms with E-state index in [0.717, 1.165) is 70.5 Å². The summed E-state index contributed by atoms with van der Waals surface area (Å²) in [6.07, 6.45) is 4.76. The van der Waals surface area contributed by atoms with Crippen LogP contribution in [0.4, 0.5) is 13.2 Å². The van der Waals surface area contributed by atoms with Crippen LogP contribution in [0.2, 0.25) is 0 Å². The Bertz CT molecular complexity index is 1260. The number of carbonyl (C=O) groups is 2. The fourth-order valence-electron chi connectivity index (χ4n) is 7.06. The third kappa shape index (κ3) is 5.61. The highest BCUT2D eigenvalue weighted by Crippen LogP contribution is 2.39. The minimum Gasteiger partial charge on any atom is -0.381 e. The molecule has 1 N–H and O–H groups in total. The summed E-state index contributed by atoms with van der Waals surface area (Å²) < 4.78 is 45.3. The highest BCUT2D eigenvalue weighted by molar-refractivity contribution is 5.99. The van der Waals surface area contributed by atoms with Gasteiger partial charge in [-0.15, -0.1) is 0 Å². The van der Waals surface area contributed by atoms with Crippen LogP contribution in [0.1, 0.15) is 64.2 Å². The van der Waals surface area contributed by atoms with Gasteiger partial charge in [-0.1, -0.05) is 6.07 Å². The summed E-state index contributed by atoms with van der Waals surface area (Å²) in [6, 6.07) is 5.77. The van der Waals surface area contributed by atoms with Gasteiger partial charge in [-0.25, -0.2) is 0 Å². The molecule has 1 aromatic carbocycles. The van der Waals surface area contributed by atoms with E-state index in [2.05, 4.69) is 21.3 Å². The molecule has 1 aromatic heterocycles. The molecule has 0 saturated carbocycles. The standard InChI is InChI=1S/C30H35F3N4O3/c31-30(32,33)23-4-3-20-6-10-36(29(39)25(20)14-23)18-28(38)35-27-17-37(24-7-11-40-12-8-24)16-22(27)13-21-2-1-19-5-9-34-15-26(19)21/h3-5,9,14-15,21-22,24,27H,1-2,6-8,10-13,16-18H2,(H,35,38)/t21?,22-,27?/m0/s1. The van der Waals surface area contributed by atoms with E-state index < -0.39 is 17.6 Å². The normalized spacial score (nSPS) is 25.6. The largest absolute Gasteiger partial charge is 0.416 e. The third-order valence-electron chi connectivity index (χ3n) is 9.20. The Morgan fingerprint density at radius 2 is 1.90 bits per heavy atom. The Labute approximate surface area is 232 Å². The lowest BCUT2D eigenvalue weighted by molar-refractivity contribution is -0.137. The van der Waals surface area contributed by atoms with Crippen molar-refractivity contribution in [3.8, 4) is 0 Å². The Kier molecular flexibility index (Phi) is 7.56. The van der Waals surface area contributed by atoms with Crippen LogP contribution in [-0.4, -0.2) is 78.1 Å². The van der Waals surface area contributed by atoms with E-state index in [9.17, 15) is 22.8 Å². The molecule has 4 heterocycles. The number of fused-ring (bicyclic) bond motifs is 2. The van der Waals surface area contributed by atoms with Gasteiger partial charge in [0.1, 0.15) is 0 Å². The molecule has 2 amide bonds. The number of likely N-dealkylation sites (tertiary alicyclic amines) is 1. The van der Waals surface area contributed by atoms with Crippen LogP contribution in [0, 0.1) is 5.92 Å². The van der Waals surface area contributed by atoms with Crippen molar-refractivity contribution in [2.75, 3.05) is 39.4 Å². The quantitative estimate of drug-likeness (QED) is 0.586. The maximum Gasteiger partial charge on any atom is 0.416 e. The van der Waals surface area contributed by atoms with Crippen molar-refractivity contribution < 1.29 is 27.5 Å². The third-order valence-corrected chi connectivity index (χ3v) is 9.20. The number of alkyl halides is 3. The van der Waals surface area contributed by atoms with Crippen LogP contribution < -0.4 is 5.32 Å². The van der Waals surface area contributed by atoms with Crippen molar-refractivity contribution in [3.05, 3.63) is 64.5 Å². The molecular weight excluding hydrogens is 521 g/mol. The second kappa shape index (κ2) is 11.1. The van der Waals surface area contributed by atoms with Gasteiger partial charge in [0.2, 0.25) is 5.91 Å². The van der Waals surface area contributed by atoms with E-state index >= 15 is 0 Å². The number of nitrogens with one attached hydrogen (secondary N) is 1. The highest BCUT2D eigenvalue weighted by atomic mass is 19.4. The van der Waals surface area contributed by atoms with Gasteiger partial charge in [0.05, 0.1) is 12.1 Å². The van der Waals surface area contributed by atoms with Gasteiger partial charge in [-0.05, 0) is 85.3 Å². The summed E-state index contributed by atoms with van der Waals surface area (Å²) in [7, 11) is 0. The first-order chi connectivity index (χ1) is 19.3. The summed E-state index contributed by atoms with van der Waals surface area (Å²) in [6.45, 7) is 3.29. The van der Waals surface area contributed by atoms with Gasteiger partial charge in [0.25, 0.3) is 5.91 Å². The average Bonchev–Trinajstić information content (AvgIpc) is 3.54. The maximum absolute atomic E-state index is 13.3. The van der Waals surface area contributed by atoms with Gasteiger partial charge in [0.15, 0.2) is 0 Å². The second-order valence-electron chi connectivity index (χ2n) is 11.6. The molecular formula is C30H35F3N4O3. The van der Waals surface area contributed by atoms with Crippen LogP contribution in [0.25, 0.3) is 0 Å². The Morgan fingerprint density at radius 3 is 2.70 bits per heavy atom. The van der Waals surface area contributed by atoms with E-state index in [1.807, 2.05) is 12.4 Å². The zero-order chi connectivity index (χ0) is 27.9. The molecule has 7 nitrogen and oxygen atoms in total. The summed E-state index contributed by atoms with van der Waals surface area (Å²) in [5.74, 6) is -0.119. The molecule has 3 atom stereocenters. The lowest BCUT2D eigenvalue weighted by atomic mass is 9.88. The minimum atomic E-state index is -4.53. The molecule has 2 saturated heterocycles. The number of amides is 2. The van der Waals surface area contributed by atoms with Crippen molar-refractivity contribution in [3.63, 3.8) is 0 Å². The SMILES string of the molecule is O=C(CN1CCc2ccc(C(F)(F)F)cc2C1=O)NC1CN(C2CCOCC2)C[C@@H]1CC1CCc2ccncc21. The summed E-state index contributed by atoms with van der Waals surface area (Å²) in [5, 5.41) is 3.22. The molecule has 6 rings (SSSR count). The minimum absolute atomic E-state index is 0.0341. The molecule has 0 spiro atoms. The molecule has 2 fully saturated rings. The van der Waals surface area contributed by atoms with Crippen LogP contribution in [0.5, 0.6) is 0 Å². The number of carbonyl (C=O) groups excluding carboxylic acids is 2. The van der Waals surface area contributed by atoms with Crippen molar-refractivity contribution in [1.29, 1.82) is 0 Å². The first-order valence-electron chi connectivity index (χ1n) is 14.3. The molecule has 4 aliphatic rings. The number of benzene rings is 1. The zero-order valence-corrected chi connectivity index (χ0v) is 22.5. The molecule has 2 unspecified atom stereocenters. The number of halogens is 3. The molecule has 3 aliphatic heterocycles. The average molecular weight is 557 g/mol. The molecule has 2 aromatic rings. The van der Waals surface area contributed by atoms with E-state index in [-0.39, 0.29) is 30.0 Å². The molecule has 214 valence electrons. The Hall–Kier alpha value is -2.98. The van der Waals surface area contributed by atoms with Crippen LogP contribution in [0.3, 0.4) is 0 Å². The Morgan fingerprint density at radius 1 is 1.07 bits per heavy atom. The van der Waals surface area contributed by atoms with Crippen molar-refractivity contribution in [2.24, 2.45) is 5.92 Å². The van der Waals surface area contributed by atoms with E-state index in [1.165, 1.54) is 22.1 Å². The van der Waals surface area contributed by atoms with Gasteiger partial charge in [-0.3, -0.25) is 19.5 Å². The van der Waals surface area contributed by atoms with Crippen molar-refractivity contribution in [2.45, 2.75) is 62.7 Å². The highest BCUT2D eigenvalue weighted by Gasteiger charge is 2.40. The van der Waals surface area contributed by atoms with E-state index in [0.29, 0.717) is 30.5 Å². The number of nitrogens with zero attached hydrogens (tertiary/aromatic N) is 3. The van der Waals surface area contributed by atoms with Crippen LogP contribution in [-0.2, 0) is 28.5 Å². The fourth-order valence-corrected chi connectivity index (χ4v) is 7.06. The van der Waals surface area contributed by atoms with Crippen molar-refractivity contribution in [1.82, 2.24) is 20.1 Å². The second-order valence-corrected chi connectivity index (χ2v) is 11.6. The van der Waals surface area contributed by atoms with Gasteiger partial charge in [-0.2, -0.15) is 13.2 Å². The van der Waals surface area contributed by atoms with Crippen LogP contribution in [0.15, 0.2) is 36.7 Å². The molecule has 10 heteroatoms. The number of pyridine rings is 1. The predicted octanol–water partition coefficient (Wildman–Crippen LogP) is 3.81. The number of aryl methyl sites for hydroxylation is 1. The molecule has 0 bridgehead atoms. The number of hydrogen-bond acceptors (Lipinski definition) is 5. The molecule has 0 radical (unpaired) electrons. The van der Waals surface area contributed by atoms with E-state index in [4.69, 9.17) is 4.74 Å². The summed E-state index contributed by atoms with van der Waals surface area (Å²) >= 11 is 0. The number of hydrogen-bond donors (Lipinski definition) is 1. The molecule has 1 aliphatic carbocycles. The topological polar surface area (TPSA) is 74.8 Å². The monoisotopic (exact) mass is 556 g/mol. The number of aromatic nitrogens is 1. The van der Waals surface area contributed by atoms with Gasteiger partial charge < -0.3 is 15.0 Å². The number of rotatable bonds is 6.